The predicted octanol–water partition coefficient (Wildman–Crippen LogP) is 3.92. The molecule has 0 aliphatic carbocycles. The van der Waals surface area contributed by atoms with Gasteiger partial charge >= 0.3 is 5.97 Å². The second-order valence-electron chi connectivity index (χ2n) is 5.43. The Bertz CT molecular complexity index is 910. The van der Waals surface area contributed by atoms with Gasteiger partial charge in [-0.1, -0.05) is 23.2 Å². The van der Waals surface area contributed by atoms with Crippen LogP contribution in [-0.2, 0) is 11.2 Å². The monoisotopic (exact) mass is 327 g/mol. The van der Waals surface area contributed by atoms with Crippen LogP contribution in [0.4, 0.5) is 0 Å². The summed E-state index contributed by atoms with van der Waals surface area (Å²) in [4.78, 5) is 23.8. The third-order valence-electron chi connectivity index (χ3n) is 3.69. The van der Waals surface area contributed by atoms with Gasteiger partial charge < -0.3 is 5.11 Å². The lowest BCUT2D eigenvalue weighted by atomic mass is 10.1. The van der Waals surface area contributed by atoms with E-state index in [9.17, 15) is 9.59 Å². The van der Waals surface area contributed by atoms with E-state index < -0.39 is 5.97 Å². The number of hydrogen-bond acceptors (Lipinski definition) is 2. The normalized spacial score (nSPS) is 10.9. The van der Waals surface area contributed by atoms with Crippen molar-refractivity contribution in [1.82, 2.24) is 4.57 Å². The summed E-state index contributed by atoms with van der Waals surface area (Å²) in [6.45, 7) is 1.93. The SMILES string of the molecule is Cc1ccc2c(c1)c(CC(=O)O)cn2C(=O)c1ccc(Cl)cc1. The van der Waals surface area contributed by atoms with Crippen molar-refractivity contribution in [2.75, 3.05) is 0 Å². The Labute approximate surface area is 137 Å². The zero-order chi connectivity index (χ0) is 16.6. The van der Waals surface area contributed by atoms with Gasteiger partial charge in [0, 0.05) is 22.2 Å². The van der Waals surface area contributed by atoms with Crippen LogP contribution in [0.3, 0.4) is 0 Å². The number of carboxylic acid groups (broad SMARTS) is 1. The molecular formula is C18H14ClNO3. The number of halogens is 1. The van der Waals surface area contributed by atoms with Crippen molar-refractivity contribution in [3.8, 4) is 0 Å². The van der Waals surface area contributed by atoms with Crippen molar-refractivity contribution >= 4 is 34.4 Å². The maximum absolute atomic E-state index is 12.7. The van der Waals surface area contributed by atoms with Crippen LogP contribution in [-0.4, -0.2) is 21.6 Å². The Hall–Kier alpha value is -2.59. The summed E-state index contributed by atoms with van der Waals surface area (Å²) in [7, 11) is 0. The average Bonchev–Trinajstić information content (AvgIpc) is 2.84. The molecule has 23 heavy (non-hydrogen) atoms. The van der Waals surface area contributed by atoms with Crippen LogP contribution in [0.25, 0.3) is 10.9 Å². The predicted molar refractivity (Wildman–Crippen MR) is 89.2 cm³/mol. The number of nitrogens with zero attached hydrogens (tertiary/aromatic N) is 1. The smallest absolute Gasteiger partial charge is 0.307 e. The van der Waals surface area contributed by atoms with Crippen molar-refractivity contribution in [3.05, 3.63) is 70.4 Å². The van der Waals surface area contributed by atoms with Gasteiger partial charge in [-0.05, 0) is 48.9 Å². The lowest BCUT2D eigenvalue weighted by molar-refractivity contribution is -0.136. The molecule has 116 valence electrons. The van der Waals surface area contributed by atoms with E-state index in [2.05, 4.69) is 0 Å². The number of carbonyl (C=O) groups is 2. The van der Waals surface area contributed by atoms with Gasteiger partial charge in [0.25, 0.3) is 5.91 Å². The van der Waals surface area contributed by atoms with Gasteiger partial charge in [-0.3, -0.25) is 14.2 Å². The largest absolute Gasteiger partial charge is 0.481 e. The molecule has 0 aliphatic rings. The number of carbonyl (C=O) groups excluding carboxylic acids is 1. The number of fused-ring (bicyclic) bond motifs is 1. The Morgan fingerprint density at radius 1 is 1.13 bits per heavy atom. The van der Waals surface area contributed by atoms with Gasteiger partial charge in [0.15, 0.2) is 0 Å². The molecule has 0 bridgehead atoms. The van der Waals surface area contributed by atoms with Gasteiger partial charge in [0.1, 0.15) is 0 Å². The standard InChI is InChI=1S/C18H14ClNO3/c1-11-2-7-16-15(8-11)13(9-17(21)22)10-20(16)18(23)12-3-5-14(19)6-4-12/h2-8,10H,9H2,1H3,(H,21,22). The number of rotatable bonds is 3. The summed E-state index contributed by atoms with van der Waals surface area (Å²) in [5.41, 5.74) is 2.83. The third kappa shape index (κ3) is 2.98. The highest BCUT2D eigenvalue weighted by Gasteiger charge is 2.17. The van der Waals surface area contributed by atoms with E-state index in [0.29, 0.717) is 21.7 Å². The van der Waals surface area contributed by atoms with Crippen LogP contribution in [0.15, 0.2) is 48.7 Å². The first-order valence-corrected chi connectivity index (χ1v) is 7.46. The molecule has 0 atom stereocenters. The van der Waals surface area contributed by atoms with Crippen LogP contribution in [0.1, 0.15) is 21.5 Å². The Balaban J connectivity index is 2.15. The van der Waals surface area contributed by atoms with Crippen molar-refractivity contribution < 1.29 is 14.7 Å². The summed E-state index contributed by atoms with van der Waals surface area (Å²) < 4.78 is 1.50. The highest BCUT2D eigenvalue weighted by atomic mass is 35.5. The quantitative estimate of drug-likeness (QED) is 0.793. The van der Waals surface area contributed by atoms with E-state index in [1.165, 1.54) is 4.57 Å². The van der Waals surface area contributed by atoms with Crippen LogP contribution in [0, 0.1) is 6.92 Å². The van der Waals surface area contributed by atoms with Gasteiger partial charge in [-0.2, -0.15) is 0 Å². The number of hydrogen-bond donors (Lipinski definition) is 1. The molecule has 3 rings (SSSR count). The molecule has 0 amide bonds. The van der Waals surface area contributed by atoms with Gasteiger partial charge in [0.05, 0.1) is 11.9 Å². The molecule has 0 radical (unpaired) electrons. The molecule has 4 nitrogen and oxygen atoms in total. The number of aliphatic carboxylic acids is 1. The fraction of sp³-hybridized carbons (Fsp3) is 0.111. The second-order valence-corrected chi connectivity index (χ2v) is 5.86. The number of benzene rings is 2. The number of aryl methyl sites for hydroxylation is 1. The van der Waals surface area contributed by atoms with Crippen LogP contribution in [0.2, 0.25) is 5.02 Å². The lowest BCUT2D eigenvalue weighted by Crippen LogP contribution is -2.10. The maximum Gasteiger partial charge on any atom is 0.307 e. The second kappa shape index (κ2) is 5.89. The van der Waals surface area contributed by atoms with Crippen molar-refractivity contribution in [2.24, 2.45) is 0 Å². The molecule has 2 aromatic carbocycles. The molecule has 0 unspecified atom stereocenters. The number of carboxylic acids is 1. The molecule has 1 N–H and O–H groups in total. The highest BCUT2D eigenvalue weighted by Crippen LogP contribution is 2.24. The molecule has 5 heteroatoms. The minimum Gasteiger partial charge on any atom is -0.481 e. The summed E-state index contributed by atoms with van der Waals surface area (Å²) in [5, 5.41) is 10.4. The van der Waals surface area contributed by atoms with Crippen LogP contribution < -0.4 is 0 Å². The molecule has 0 saturated heterocycles. The zero-order valence-electron chi connectivity index (χ0n) is 12.4. The Morgan fingerprint density at radius 3 is 2.48 bits per heavy atom. The van der Waals surface area contributed by atoms with E-state index in [4.69, 9.17) is 16.7 Å². The molecule has 0 fully saturated rings. The fourth-order valence-electron chi connectivity index (χ4n) is 2.62. The fourth-order valence-corrected chi connectivity index (χ4v) is 2.74. The highest BCUT2D eigenvalue weighted by molar-refractivity contribution is 6.30. The van der Waals surface area contributed by atoms with E-state index in [0.717, 1.165) is 10.9 Å². The van der Waals surface area contributed by atoms with Crippen LogP contribution in [0.5, 0.6) is 0 Å². The average molecular weight is 328 g/mol. The Morgan fingerprint density at radius 2 is 1.83 bits per heavy atom. The van der Waals surface area contributed by atoms with E-state index in [1.807, 2.05) is 25.1 Å². The zero-order valence-corrected chi connectivity index (χ0v) is 13.2. The van der Waals surface area contributed by atoms with E-state index >= 15 is 0 Å². The summed E-state index contributed by atoms with van der Waals surface area (Å²) in [6.07, 6.45) is 1.48. The first-order valence-electron chi connectivity index (χ1n) is 7.08. The summed E-state index contributed by atoms with van der Waals surface area (Å²) in [6, 6.07) is 12.3. The third-order valence-corrected chi connectivity index (χ3v) is 3.95. The van der Waals surface area contributed by atoms with Crippen LogP contribution >= 0.6 is 11.6 Å². The molecule has 1 aromatic heterocycles. The molecule has 0 saturated carbocycles. The minimum atomic E-state index is -0.926. The lowest BCUT2D eigenvalue weighted by Gasteiger charge is -2.04. The van der Waals surface area contributed by atoms with E-state index in [1.54, 1.807) is 30.5 Å². The van der Waals surface area contributed by atoms with Gasteiger partial charge in [-0.25, -0.2) is 0 Å². The maximum atomic E-state index is 12.7. The summed E-state index contributed by atoms with van der Waals surface area (Å²) in [5.74, 6) is -1.14. The van der Waals surface area contributed by atoms with Gasteiger partial charge in [0.2, 0.25) is 0 Å². The van der Waals surface area contributed by atoms with E-state index in [-0.39, 0.29) is 12.3 Å². The minimum absolute atomic E-state index is 0.124. The van der Waals surface area contributed by atoms with Crippen molar-refractivity contribution in [3.63, 3.8) is 0 Å². The summed E-state index contributed by atoms with van der Waals surface area (Å²) >= 11 is 5.85. The molecule has 0 aliphatic heterocycles. The molecule has 1 heterocycles. The molecule has 0 spiro atoms. The Kier molecular flexibility index (Phi) is 3.92. The molecule has 3 aromatic rings. The first kappa shape index (κ1) is 15.3. The van der Waals surface area contributed by atoms with Gasteiger partial charge in [-0.15, -0.1) is 0 Å². The van der Waals surface area contributed by atoms with Crippen molar-refractivity contribution in [2.45, 2.75) is 13.3 Å². The molecular weight excluding hydrogens is 314 g/mol. The topological polar surface area (TPSA) is 59.3 Å². The first-order chi connectivity index (χ1) is 11.0. The van der Waals surface area contributed by atoms with Crippen molar-refractivity contribution in [1.29, 1.82) is 0 Å². The number of aromatic nitrogens is 1.